The lowest BCUT2D eigenvalue weighted by Gasteiger charge is -2.31. The number of anilines is 3. The number of fused-ring (bicyclic) bond motifs is 1. The van der Waals surface area contributed by atoms with E-state index in [2.05, 4.69) is 60.1 Å². The second-order valence-corrected chi connectivity index (χ2v) is 9.89. The van der Waals surface area contributed by atoms with E-state index in [0.717, 1.165) is 86.9 Å². The van der Waals surface area contributed by atoms with E-state index < -0.39 is 0 Å². The fourth-order valence-corrected chi connectivity index (χ4v) is 5.03. The average molecular weight is 484 g/mol. The van der Waals surface area contributed by atoms with Crippen LogP contribution in [-0.4, -0.2) is 29.1 Å². The average Bonchev–Trinajstić information content (AvgIpc) is 2.83. The third-order valence-corrected chi connectivity index (χ3v) is 6.72. The van der Waals surface area contributed by atoms with Crippen molar-refractivity contribution in [3.05, 3.63) is 83.7 Å². The first kappa shape index (κ1) is 23.3. The molecule has 0 amide bonds. The van der Waals surface area contributed by atoms with Gasteiger partial charge in [-0.3, -0.25) is 4.98 Å². The van der Waals surface area contributed by atoms with Gasteiger partial charge in [0.1, 0.15) is 5.82 Å². The van der Waals surface area contributed by atoms with Crippen LogP contribution in [0.3, 0.4) is 0 Å². The van der Waals surface area contributed by atoms with Crippen LogP contribution in [0.5, 0.6) is 0 Å². The third-order valence-electron chi connectivity index (χ3n) is 6.50. The standard InChI is InChI=1S/C29H30ClN5/c1-18(2)26-16-32-27-8-6-20(21-11-19(3)12-22(30)13-21)14-25(27)29(26)34-24-7-9-28(33-15-24)35-10-4-5-23(31)17-35/h6-9,11-16,23H,1,4-5,10,17,31H2,2-3H3,(H,32,34). The lowest BCUT2D eigenvalue weighted by Crippen LogP contribution is -2.43. The topological polar surface area (TPSA) is 67.1 Å². The van der Waals surface area contributed by atoms with Gasteiger partial charge in [-0.15, -0.1) is 0 Å². The fourth-order valence-electron chi connectivity index (χ4n) is 4.74. The zero-order valence-electron chi connectivity index (χ0n) is 20.2. The third kappa shape index (κ3) is 5.02. The minimum Gasteiger partial charge on any atom is -0.355 e. The number of rotatable bonds is 5. The Morgan fingerprint density at radius 3 is 2.66 bits per heavy atom. The van der Waals surface area contributed by atoms with Crippen LogP contribution in [0.1, 0.15) is 30.9 Å². The molecule has 5 nitrogen and oxygen atoms in total. The van der Waals surface area contributed by atoms with Gasteiger partial charge >= 0.3 is 0 Å². The van der Waals surface area contributed by atoms with Gasteiger partial charge in [0.15, 0.2) is 0 Å². The summed E-state index contributed by atoms with van der Waals surface area (Å²) in [6, 6.07) is 16.7. The molecule has 0 saturated carbocycles. The van der Waals surface area contributed by atoms with Gasteiger partial charge in [0.25, 0.3) is 0 Å². The van der Waals surface area contributed by atoms with Crippen molar-refractivity contribution in [1.82, 2.24) is 9.97 Å². The number of benzene rings is 2. The van der Waals surface area contributed by atoms with Gasteiger partial charge in [-0.2, -0.15) is 0 Å². The molecule has 4 aromatic rings. The van der Waals surface area contributed by atoms with E-state index in [4.69, 9.17) is 27.3 Å². The molecule has 1 unspecified atom stereocenters. The van der Waals surface area contributed by atoms with Crippen LogP contribution in [0.25, 0.3) is 27.6 Å². The van der Waals surface area contributed by atoms with Gasteiger partial charge < -0.3 is 16.0 Å². The summed E-state index contributed by atoms with van der Waals surface area (Å²) in [5.41, 5.74) is 14.2. The van der Waals surface area contributed by atoms with Crippen molar-refractivity contribution in [2.24, 2.45) is 5.73 Å². The van der Waals surface area contributed by atoms with Crippen molar-refractivity contribution < 1.29 is 0 Å². The summed E-state index contributed by atoms with van der Waals surface area (Å²) in [6.07, 6.45) is 5.94. The van der Waals surface area contributed by atoms with E-state index in [9.17, 15) is 0 Å². The number of aromatic nitrogens is 2. The summed E-state index contributed by atoms with van der Waals surface area (Å²) in [7, 11) is 0. The summed E-state index contributed by atoms with van der Waals surface area (Å²) in [4.78, 5) is 11.7. The molecule has 0 radical (unpaired) electrons. The monoisotopic (exact) mass is 483 g/mol. The highest BCUT2D eigenvalue weighted by Crippen LogP contribution is 2.36. The first-order valence-corrected chi connectivity index (χ1v) is 12.3. The number of halogens is 1. The van der Waals surface area contributed by atoms with Crippen LogP contribution >= 0.6 is 11.6 Å². The molecular formula is C29H30ClN5. The Kier molecular flexibility index (Phi) is 6.46. The van der Waals surface area contributed by atoms with Crippen molar-refractivity contribution in [2.45, 2.75) is 32.7 Å². The van der Waals surface area contributed by atoms with E-state index in [0.29, 0.717) is 0 Å². The molecule has 1 saturated heterocycles. The highest BCUT2D eigenvalue weighted by atomic mass is 35.5. The van der Waals surface area contributed by atoms with E-state index >= 15 is 0 Å². The fraction of sp³-hybridized carbons (Fsp3) is 0.241. The molecule has 1 aliphatic rings. The van der Waals surface area contributed by atoms with Crippen molar-refractivity contribution in [3.8, 4) is 11.1 Å². The Morgan fingerprint density at radius 1 is 1.09 bits per heavy atom. The quantitative estimate of drug-likeness (QED) is 0.321. The normalized spacial score (nSPS) is 15.9. The number of hydrogen-bond donors (Lipinski definition) is 2. The predicted molar refractivity (Wildman–Crippen MR) is 149 cm³/mol. The number of nitrogens with zero attached hydrogens (tertiary/aromatic N) is 3. The Balaban J connectivity index is 1.53. The van der Waals surface area contributed by atoms with E-state index in [1.165, 1.54) is 0 Å². The molecule has 1 fully saturated rings. The highest BCUT2D eigenvalue weighted by molar-refractivity contribution is 6.31. The van der Waals surface area contributed by atoms with Gasteiger partial charge in [0.2, 0.25) is 0 Å². The second kappa shape index (κ2) is 9.68. The van der Waals surface area contributed by atoms with Crippen molar-refractivity contribution in [3.63, 3.8) is 0 Å². The van der Waals surface area contributed by atoms with Crippen LogP contribution in [-0.2, 0) is 0 Å². The Labute approximate surface area is 211 Å². The summed E-state index contributed by atoms with van der Waals surface area (Å²) in [5.74, 6) is 0.962. The van der Waals surface area contributed by atoms with E-state index in [1.807, 2.05) is 31.5 Å². The number of hydrogen-bond acceptors (Lipinski definition) is 5. The van der Waals surface area contributed by atoms with Crippen molar-refractivity contribution >= 4 is 45.3 Å². The largest absolute Gasteiger partial charge is 0.355 e. The van der Waals surface area contributed by atoms with Crippen molar-refractivity contribution in [2.75, 3.05) is 23.3 Å². The summed E-state index contributed by atoms with van der Waals surface area (Å²) < 4.78 is 0. The molecule has 1 aliphatic heterocycles. The zero-order chi connectivity index (χ0) is 24.5. The van der Waals surface area contributed by atoms with Crippen LogP contribution in [0, 0.1) is 6.92 Å². The highest BCUT2D eigenvalue weighted by Gasteiger charge is 2.18. The zero-order valence-corrected chi connectivity index (χ0v) is 20.9. The molecule has 3 heterocycles. The first-order chi connectivity index (χ1) is 16.9. The van der Waals surface area contributed by atoms with Crippen molar-refractivity contribution in [1.29, 1.82) is 0 Å². The second-order valence-electron chi connectivity index (χ2n) is 9.45. The molecule has 2 aromatic heterocycles. The number of piperidine rings is 1. The number of pyridine rings is 2. The van der Waals surface area contributed by atoms with E-state index in [1.54, 1.807) is 0 Å². The predicted octanol–water partition coefficient (Wildman–Crippen LogP) is 6.96. The van der Waals surface area contributed by atoms with Crippen LogP contribution < -0.4 is 16.0 Å². The Morgan fingerprint density at radius 2 is 1.94 bits per heavy atom. The molecule has 1 atom stereocenters. The number of allylic oxidation sites excluding steroid dienone is 1. The van der Waals surface area contributed by atoms with Gasteiger partial charge in [-0.05, 0) is 85.4 Å². The van der Waals surface area contributed by atoms with Gasteiger partial charge in [0.05, 0.1) is 23.1 Å². The number of nitrogens with one attached hydrogen (secondary N) is 1. The molecule has 0 bridgehead atoms. The molecule has 6 heteroatoms. The molecule has 0 aliphatic carbocycles. The first-order valence-electron chi connectivity index (χ1n) is 12.0. The summed E-state index contributed by atoms with van der Waals surface area (Å²) >= 11 is 6.35. The van der Waals surface area contributed by atoms with Crippen LogP contribution in [0.4, 0.5) is 17.2 Å². The molecular weight excluding hydrogens is 454 g/mol. The minimum absolute atomic E-state index is 0.210. The smallest absolute Gasteiger partial charge is 0.128 e. The maximum Gasteiger partial charge on any atom is 0.128 e. The molecule has 3 N–H and O–H groups in total. The molecule has 178 valence electrons. The summed E-state index contributed by atoms with van der Waals surface area (Å²) in [6.45, 7) is 10.1. The van der Waals surface area contributed by atoms with Crippen LogP contribution in [0.15, 0.2) is 67.5 Å². The lowest BCUT2D eigenvalue weighted by molar-refractivity contribution is 0.503. The number of aryl methyl sites for hydroxylation is 1. The lowest BCUT2D eigenvalue weighted by atomic mass is 9.98. The Hall–Kier alpha value is -3.41. The maximum absolute atomic E-state index is 6.35. The summed E-state index contributed by atoms with van der Waals surface area (Å²) in [5, 5.41) is 5.35. The van der Waals surface area contributed by atoms with Gasteiger partial charge in [-0.25, -0.2) is 4.98 Å². The van der Waals surface area contributed by atoms with Crippen LogP contribution in [0.2, 0.25) is 5.02 Å². The molecule has 0 spiro atoms. The number of nitrogens with two attached hydrogens (primary N) is 1. The SMILES string of the molecule is C=C(C)c1cnc2ccc(-c3cc(C)cc(Cl)c3)cc2c1Nc1ccc(N2CCCC(N)C2)nc1. The molecule has 35 heavy (non-hydrogen) atoms. The van der Waals surface area contributed by atoms with Gasteiger partial charge in [0, 0.05) is 41.3 Å². The minimum atomic E-state index is 0.210. The Bertz CT molecular complexity index is 1380. The van der Waals surface area contributed by atoms with Gasteiger partial charge in [-0.1, -0.05) is 30.3 Å². The maximum atomic E-state index is 6.35. The molecule has 5 rings (SSSR count). The van der Waals surface area contributed by atoms with E-state index in [-0.39, 0.29) is 6.04 Å². The molecule has 2 aromatic carbocycles.